The van der Waals surface area contributed by atoms with Crippen molar-refractivity contribution in [3.8, 4) is 5.75 Å². The van der Waals surface area contributed by atoms with E-state index in [9.17, 15) is 19.7 Å². The highest BCUT2D eigenvalue weighted by molar-refractivity contribution is 6.61. The molecule has 6 nitrogen and oxygen atoms in total. The summed E-state index contributed by atoms with van der Waals surface area (Å²) in [5.41, 5.74) is -1.57. The van der Waals surface area contributed by atoms with Gasteiger partial charge in [-0.2, -0.15) is 0 Å². The largest absolute Gasteiger partial charge is 0.409 e. The molecule has 0 atom stereocenters. The fourth-order valence-electron chi connectivity index (χ4n) is 0.923. The zero-order valence-corrected chi connectivity index (χ0v) is 7.93. The molecule has 0 radical (unpaired) electrons. The van der Waals surface area contributed by atoms with Crippen molar-refractivity contribution in [2.75, 3.05) is 0 Å². The molecule has 0 fully saturated rings. The molecule has 0 aromatic heterocycles. The van der Waals surface area contributed by atoms with Gasteiger partial charge in [0, 0.05) is 23.2 Å². The summed E-state index contributed by atoms with van der Waals surface area (Å²) in [6.07, 6.45) is 0.444. The summed E-state index contributed by atoms with van der Waals surface area (Å²) in [5.74, 6) is -0.300. The minimum Gasteiger partial charge on any atom is -0.407 e. The van der Waals surface area contributed by atoms with Crippen molar-refractivity contribution >= 4 is 29.0 Å². The van der Waals surface area contributed by atoms with Gasteiger partial charge in [-0.25, -0.2) is 4.79 Å². The third-order valence-electron chi connectivity index (χ3n) is 1.51. The fourth-order valence-corrected chi connectivity index (χ4v) is 1.01. The van der Waals surface area contributed by atoms with Gasteiger partial charge in [0.15, 0.2) is 0 Å². The highest BCUT2D eigenvalue weighted by atomic mass is 35.5. The Morgan fingerprint density at radius 1 is 1.53 bits per heavy atom. The topological polar surface area (TPSA) is 86.5 Å². The molecule has 0 unspecified atom stereocenters. The predicted octanol–water partition coefficient (Wildman–Crippen LogP) is 2.14. The number of aldehydes is 1. The number of hydrogen-bond donors (Lipinski definition) is 0. The molecule has 78 valence electrons. The lowest BCUT2D eigenvalue weighted by Crippen LogP contribution is -2.00. The third kappa shape index (κ3) is 2.75. The molecular weight excluding hydrogens is 226 g/mol. The smallest absolute Gasteiger partial charge is 0.407 e. The van der Waals surface area contributed by atoms with Gasteiger partial charge in [0.25, 0.3) is 0 Å². The molecule has 0 N–H and O–H groups in total. The second-order valence-corrected chi connectivity index (χ2v) is 2.75. The van der Waals surface area contributed by atoms with E-state index in [2.05, 4.69) is 4.74 Å². The van der Waals surface area contributed by atoms with E-state index in [1.165, 1.54) is 6.07 Å². The number of carbonyl (C=O) groups excluding carboxylic acids is 2. The first-order valence-corrected chi connectivity index (χ1v) is 4.03. The molecule has 0 heterocycles. The van der Waals surface area contributed by atoms with E-state index in [0.29, 0.717) is 6.29 Å². The van der Waals surface area contributed by atoms with E-state index in [0.717, 1.165) is 12.1 Å². The molecule has 0 aliphatic heterocycles. The minimum atomic E-state index is -1.18. The quantitative estimate of drug-likeness (QED) is 0.343. The normalized spacial score (nSPS) is 9.40. The van der Waals surface area contributed by atoms with Crippen molar-refractivity contribution < 1.29 is 19.2 Å². The first kappa shape index (κ1) is 11.1. The zero-order chi connectivity index (χ0) is 11.4. The van der Waals surface area contributed by atoms with Gasteiger partial charge >= 0.3 is 11.1 Å². The van der Waals surface area contributed by atoms with Gasteiger partial charge in [-0.15, -0.1) is 0 Å². The van der Waals surface area contributed by atoms with Crippen LogP contribution in [0.25, 0.3) is 0 Å². The van der Waals surface area contributed by atoms with Crippen LogP contribution in [0.5, 0.6) is 5.75 Å². The van der Waals surface area contributed by atoms with Crippen LogP contribution in [0, 0.1) is 10.1 Å². The van der Waals surface area contributed by atoms with Crippen LogP contribution in [0.3, 0.4) is 0 Å². The lowest BCUT2D eigenvalue weighted by molar-refractivity contribution is -0.385. The molecule has 0 aliphatic carbocycles. The first-order chi connectivity index (χ1) is 7.04. The van der Waals surface area contributed by atoms with Crippen LogP contribution in [-0.4, -0.2) is 16.6 Å². The molecular formula is C8H4ClNO5. The molecule has 1 rings (SSSR count). The Labute approximate surface area is 88.6 Å². The summed E-state index contributed by atoms with van der Waals surface area (Å²) in [6.45, 7) is 0. The van der Waals surface area contributed by atoms with Crippen molar-refractivity contribution in [1.29, 1.82) is 0 Å². The maximum atomic E-state index is 10.5. The average molecular weight is 230 g/mol. The Hall–Kier alpha value is -1.95. The van der Waals surface area contributed by atoms with Crippen LogP contribution in [0.15, 0.2) is 18.2 Å². The van der Waals surface area contributed by atoms with Crippen molar-refractivity contribution in [3.05, 3.63) is 33.9 Å². The minimum absolute atomic E-state index is 0.107. The molecule has 1 aromatic rings. The van der Waals surface area contributed by atoms with Crippen LogP contribution in [-0.2, 0) is 0 Å². The number of hydrogen-bond acceptors (Lipinski definition) is 5. The monoisotopic (exact) mass is 229 g/mol. The number of nitrogens with zero attached hydrogens (tertiary/aromatic N) is 1. The van der Waals surface area contributed by atoms with Gasteiger partial charge in [-0.1, -0.05) is 0 Å². The number of rotatable bonds is 3. The molecule has 0 aliphatic rings. The van der Waals surface area contributed by atoms with Gasteiger partial charge in [0.2, 0.25) is 5.75 Å². The summed E-state index contributed by atoms with van der Waals surface area (Å²) in [7, 11) is 0. The van der Waals surface area contributed by atoms with Crippen LogP contribution in [0.4, 0.5) is 10.5 Å². The summed E-state index contributed by atoms with van der Waals surface area (Å²) in [4.78, 5) is 30.5. The standard InChI is InChI=1S/C8H4ClNO5/c9-8(12)15-7-2-1-5(4-11)3-6(7)10(13)14/h1-4H. The van der Waals surface area contributed by atoms with Gasteiger partial charge in [-0.05, 0) is 12.1 Å². The van der Waals surface area contributed by atoms with Crippen molar-refractivity contribution in [3.63, 3.8) is 0 Å². The Kier molecular flexibility index (Phi) is 3.35. The van der Waals surface area contributed by atoms with E-state index in [1.807, 2.05) is 0 Å². The highest BCUT2D eigenvalue weighted by Gasteiger charge is 2.17. The van der Waals surface area contributed by atoms with Crippen LogP contribution in [0.2, 0.25) is 0 Å². The lowest BCUT2D eigenvalue weighted by Gasteiger charge is -2.01. The summed E-state index contributed by atoms with van der Waals surface area (Å²) in [5, 5.41) is 10.5. The van der Waals surface area contributed by atoms with Crippen molar-refractivity contribution in [1.82, 2.24) is 0 Å². The number of halogens is 1. The summed E-state index contributed by atoms with van der Waals surface area (Å²) >= 11 is 4.91. The second-order valence-electron chi connectivity index (χ2n) is 2.44. The van der Waals surface area contributed by atoms with Gasteiger partial charge in [0.05, 0.1) is 4.92 Å². The zero-order valence-electron chi connectivity index (χ0n) is 7.18. The van der Waals surface area contributed by atoms with E-state index < -0.39 is 16.0 Å². The first-order valence-electron chi connectivity index (χ1n) is 3.65. The van der Waals surface area contributed by atoms with Gasteiger partial charge in [-0.3, -0.25) is 14.9 Å². The van der Waals surface area contributed by atoms with Crippen LogP contribution >= 0.6 is 11.6 Å². The van der Waals surface area contributed by atoms with Crippen LogP contribution in [0.1, 0.15) is 10.4 Å². The predicted molar refractivity (Wildman–Crippen MR) is 50.4 cm³/mol. The van der Waals surface area contributed by atoms with Crippen molar-refractivity contribution in [2.24, 2.45) is 0 Å². The molecule has 0 spiro atoms. The second kappa shape index (κ2) is 4.52. The number of nitro groups is 1. The Bertz CT molecular complexity index is 431. The summed E-state index contributed by atoms with van der Waals surface area (Å²) in [6, 6.07) is 3.39. The van der Waals surface area contributed by atoms with E-state index in [1.54, 1.807) is 0 Å². The number of nitro benzene ring substituents is 1. The molecule has 1 aromatic carbocycles. The molecule has 7 heteroatoms. The fraction of sp³-hybridized carbons (Fsp3) is 0. The highest BCUT2D eigenvalue weighted by Crippen LogP contribution is 2.27. The Morgan fingerprint density at radius 2 is 2.20 bits per heavy atom. The molecule has 0 saturated carbocycles. The number of ether oxygens (including phenoxy) is 1. The van der Waals surface area contributed by atoms with Gasteiger partial charge in [0.1, 0.15) is 6.29 Å². The maximum Gasteiger partial charge on any atom is 0.409 e. The molecule has 0 bridgehead atoms. The third-order valence-corrected chi connectivity index (χ3v) is 1.58. The molecule has 15 heavy (non-hydrogen) atoms. The van der Waals surface area contributed by atoms with Crippen LogP contribution < -0.4 is 4.74 Å². The average Bonchev–Trinajstić information content (AvgIpc) is 2.17. The lowest BCUT2D eigenvalue weighted by atomic mass is 10.2. The van der Waals surface area contributed by atoms with Crippen molar-refractivity contribution in [2.45, 2.75) is 0 Å². The van der Waals surface area contributed by atoms with E-state index in [4.69, 9.17) is 11.6 Å². The van der Waals surface area contributed by atoms with E-state index >= 15 is 0 Å². The maximum absolute atomic E-state index is 10.5. The van der Waals surface area contributed by atoms with Gasteiger partial charge < -0.3 is 4.74 Å². The number of benzene rings is 1. The molecule has 0 amide bonds. The Balaban J connectivity index is 3.20. The number of carbonyl (C=O) groups is 2. The summed E-state index contributed by atoms with van der Waals surface area (Å²) < 4.78 is 4.38. The SMILES string of the molecule is O=Cc1ccc(OC(=O)Cl)c([N+](=O)[O-])c1. The van der Waals surface area contributed by atoms with E-state index in [-0.39, 0.29) is 11.3 Å². The Morgan fingerprint density at radius 3 is 2.67 bits per heavy atom. The molecule has 0 saturated heterocycles.